The van der Waals surface area contributed by atoms with E-state index >= 15 is 0 Å². The first-order valence-corrected chi connectivity index (χ1v) is 6.95. The predicted molar refractivity (Wildman–Crippen MR) is 80.6 cm³/mol. The SMILES string of the molecule is COc1ccc(/C=N/OCC(=O)N2CCN(C)CC2)cc1. The zero-order valence-electron chi connectivity index (χ0n) is 12.5. The molecular formula is C15H21N3O3. The van der Waals surface area contributed by atoms with Crippen molar-refractivity contribution >= 4 is 12.1 Å². The molecule has 0 unspecified atom stereocenters. The van der Waals surface area contributed by atoms with Crippen molar-refractivity contribution in [2.24, 2.45) is 5.16 Å². The number of benzene rings is 1. The van der Waals surface area contributed by atoms with Crippen LogP contribution in [0.25, 0.3) is 0 Å². The van der Waals surface area contributed by atoms with Gasteiger partial charge in [-0.2, -0.15) is 0 Å². The van der Waals surface area contributed by atoms with Crippen molar-refractivity contribution in [3.63, 3.8) is 0 Å². The molecule has 0 aliphatic carbocycles. The first-order valence-electron chi connectivity index (χ1n) is 6.95. The molecule has 6 heteroatoms. The maximum absolute atomic E-state index is 11.9. The van der Waals surface area contributed by atoms with Gasteiger partial charge in [0, 0.05) is 26.2 Å². The number of likely N-dealkylation sites (N-methyl/N-ethyl adjacent to an activating group) is 1. The summed E-state index contributed by atoms with van der Waals surface area (Å²) in [6, 6.07) is 7.43. The summed E-state index contributed by atoms with van der Waals surface area (Å²) in [6.07, 6.45) is 1.58. The van der Waals surface area contributed by atoms with Gasteiger partial charge in [-0.05, 0) is 36.9 Å². The standard InChI is InChI=1S/C15H21N3O3/c1-17-7-9-18(10-8-17)15(19)12-21-16-11-13-3-5-14(20-2)6-4-13/h3-6,11H,7-10,12H2,1-2H3/b16-11+. The molecule has 1 aliphatic rings. The third-order valence-electron chi connectivity index (χ3n) is 3.44. The summed E-state index contributed by atoms with van der Waals surface area (Å²) in [7, 11) is 3.67. The number of rotatable bonds is 5. The van der Waals surface area contributed by atoms with E-state index in [1.165, 1.54) is 0 Å². The summed E-state index contributed by atoms with van der Waals surface area (Å²) in [5.74, 6) is 0.772. The van der Waals surface area contributed by atoms with Gasteiger partial charge in [0.05, 0.1) is 13.3 Å². The monoisotopic (exact) mass is 291 g/mol. The molecule has 0 bridgehead atoms. The molecule has 6 nitrogen and oxygen atoms in total. The lowest BCUT2D eigenvalue weighted by atomic mass is 10.2. The average Bonchev–Trinajstić information content (AvgIpc) is 2.52. The van der Waals surface area contributed by atoms with Gasteiger partial charge in [0.15, 0.2) is 6.61 Å². The second-order valence-electron chi connectivity index (χ2n) is 4.97. The summed E-state index contributed by atoms with van der Waals surface area (Å²) in [4.78, 5) is 21.0. The van der Waals surface area contributed by atoms with Crippen LogP contribution in [0.3, 0.4) is 0 Å². The molecule has 1 aromatic rings. The fourth-order valence-corrected chi connectivity index (χ4v) is 2.03. The fraction of sp³-hybridized carbons (Fsp3) is 0.467. The number of piperazine rings is 1. The normalized spacial score (nSPS) is 16.2. The molecule has 0 atom stereocenters. The Balaban J connectivity index is 1.72. The highest BCUT2D eigenvalue weighted by atomic mass is 16.6. The number of amides is 1. The first kappa shape index (κ1) is 15.3. The molecule has 0 N–H and O–H groups in total. The molecule has 114 valence electrons. The van der Waals surface area contributed by atoms with Crippen LogP contribution in [0.1, 0.15) is 5.56 Å². The highest BCUT2D eigenvalue weighted by Gasteiger charge is 2.18. The Labute approximate surface area is 124 Å². The van der Waals surface area contributed by atoms with Gasteiger partial charge in [0.1, 0.15) is 5.75 Å². The Morgan fingerprint density at radius 2 is 1.90 bits per heavy atom. The Hall–Kier alpha value is -2.08. The largest absolute Gasteiger partial charge is 0.497 e. The number of hydrogen-bond donors (Lipinski definition) is 0. The van der Waals surface area contributed by atoms with Crippen LogP contribution in [0.5, 0.6) is 5.75 Å². The van der Waals surface area contributed by atoms with Crippen LogP contribution >= 0.6 is 0 Å². The summed E-state index contributed by atoms with van der Waals surface area (Å²) in [6.45, 7) is 3.29. The van der Waals surface area contributed by atoms with Gasteiger partial charge in [0.2, 0.25) is 0 Å². The first-order chi connectivity index (χ1) is 10.2. The summed E-state index contributed by atoms with van der Waals surface area (Å²) in [5.41, 5.74) is 0.892. The van der Waals surface area contributed by atoms with Crippen molar-refractivity contribution < 1.29 is 14.4 Å². The van der Waals surface area contributed by atoms with Gasteiger partial charge in [-0.1, -0.05) is 5.16 Å². The van der Waals surface area contributed by atoms with E-state index in [0.717, 1.165) is 37.5 Å². The highest BCUT2D eigenvalue weighted by Crippen LogP contribution is 2.09. The topological polar surface area (TPSA) is 54.4 Å². The van der Waals surface area contributed by atoms with Crippen LogP contribution in [-0.2, 0) is 9.63 Å². The van der Waals surface area contributed by atoms with E-state index in [1.54, 1.807) is 13.3 Å². The van der Waals surface area contributed by atoms with E-state index in [-0.39, 0.29) is 12.5 Å². The van der Waals surface area contributed by atoms with Crippen LogP contribution in [-0.4, -0.2) is 68.9 Å². The minimum atomic E-state index is -0.0185. The molecule has 21 heavy (non-hydrogen) atoms. The second kappa shape index (κ2) is 7.64. The Morgan fingerprint density at radius 3 is 2.52 bits per heavy atom. The lowest BCUT2D eigenvalue weighted by Crippen LogP contribution is -2.48. The van der Waals surface area contributed by atoms with Gasteiger partial charge in [-0.3, -0.25) is 4.79 Å². The zero-order chi connectivity index (χ0) is 15.1. The van der Waals surface area contributed by atoms with E-state index in [9.17, 15) is 4.79 Å². The van der Waals surface area contributed by atoms with E-state index in [4.69, 9.17) is 9.57 Å². The lowest BCUT2D eigenvalue weighted by Gasteiger charge is -2.31. The van der Waals surface area contributed by atoms with Crippen molar-refractivity contribution in [2.75, 3.05) is 46.9 Å². The molecule has 2 rings (SSSR count). The third-order valence-corrected chi connectivity index (χ3v) is 3.44. The van der Waals surface area contributed by atoms with Crippen molar-refractivity contribution in [3.8, 4) is 5.75 Å². The quantitative estimate of drug-likeness (QED) is 0.595. The fourth-order valence-electron chi connectivity index (χ4n) is 2.03. The zero-order valence-corrected chi connectivity index (χ0v) is 12.5. The van der Waals surface area contributed by atoms with Crippen LogP contribution in [0.2, 0.25) is 0 Å². The molecule has 1 fully saturated rings. The van der Waals surface area contributed by atoms with Gasteiger partial charge in [0.25, 0.3) is 5.91 Å². The Kier molecular flexibility index (Phi) is 5.57. The summed E-state index contributed by atoms with van der Waals surface area (Å²) < 4.78 is 5.07. The van der Waals surface area contributed by atoms with Crippen LogP contribution in [0.4, 0.5) is 0 Å². The van der Waals surface area contributed by atoms with Gasteiger partial charge >= 0.3 is 0 Å². The van der Waals surface area contributed by atoms with Crippen molar-refractivity contribution in [3.05, 3.63) is 29.8 Å². The van der Waals surface area contributed by atoms with Crippen LogP contribution in [0, 0.1) is 0 Å². The van der Waals surface area contributed by atoms with E-state index in [1.807, 2.05) is 29.2 Å². The molecule has 0 aromatic heterocycles. The summed E-state index contributed by atoms with van der Waals surface area (Å²) in [5, 5.41) is 3.82. The Bertz CT molecular complexity index is 479. The van der Waals surface area contributed by atoms with Gasteiger partial charge < -0.3 is 19.4 Å². The molecule has 0 saturated carbocycles. The van der Waals surface area contributed by atoms with Gasteiger partial charge in [-0.15, -0.1) is 0 Å². The minimum Gasteiger partial charge on any atom is -0.497 e. The molecule has 0 spiro atoms. The maximum Gasteiger partial charge on any atom is 0.263 e. The number of carbonyl (C=O) groups is 1. The second-order valence-corrected chi connectivity index (χ2v) is 4.97. The smallest absolute Gasteiger partial charge is 0.263 e. The van der Waals surface area contributed by atoms with E-state index in [0.29, 0.717) is 0 Å². The lowest BCUT2D eigenvalue weighted by molar-refractivity contribution is -0.137. The predicted octanol–water partition coefficient (Wildman–Crippen LogP) is 0.820. The van der Waals surface area contributed by atoms with Crippen molar-refractivity contribution in [1.29, 1.82) is 0 Å². The molecular weight excluding hydrogens is 270 g/mol. The minimum absolute atomic E-state index is 0.0175. The Morgan fingerprint density at radius 1 is 1.24 bits per heavy atom. The number of oxime groups is 1. The molecule has 1 amide bonds. The van der Waals surface area contributed by atoms with E-state index < -0.39 is 0 Å². The van der Waals surface area contributed by atoms with Crippen LogP contribution in [0.15, 0.2) is 29.4 Å². The highest BCUT2D eigenvalue weighted by molar-refractivity contribution is 5.80. The molecule has 1 aromatic carbocycles. The number of carbonyl (C=O) groups excluding carboxylic acids is 1. The third kappa shape index (κ3) is 4.75. The molecule has 1 saturated heterocycles. The number of methoxy groups -OCH3 is 1. The number of ether oxygens (including phenoxy) is 1. The average molecular weight is 291 g/mol. The molecule has 1 heterocycles. The summed E-state index contributed by atoms with van der Waals surface area (Å²) >= 11 is 0. The van der Waals surface area contributed by atoms with Crippen molar-refractivity contribution in [2.45, 2.75) is 0 Å². The maximum atomic E-state index is 11.9. The van der Waals surface area contributed by atoms with Crippen LogP contribution < -0.4 is 4.74 Å². The number of nitrogens with zero attached hydrogens (tertiary/aromatic N) is 3. The molecule has 0 radical (unpaired) electrons. The molecule has 1 aliphatic heterocycles. The van der Waals surface area contributed by atoms with Crippen molar-refractivity contribution in [1.82, 2.24) is 9.80 Å². The van der Waals surface area contributed by atoms with E-state index in [2.05, 4.69) is 17.1 Å². The number of hydrogen-bond acceptors (Lipinski definition) is 5. The van der Waals surface area contributed by atoms with Gasteiger partial charge in [-0.25, -0.2) is 0 Å².